The average molecular weight is 344 g/mol. The molecule has 5 heteroatoms. The highest BCUT2D eigenvalue weighted by atomic mass is 16.5. The van der Waals surface area contributed by atoms with Gasteiger partial charge in [0.25, 0.3) is 5.91 Å². The average Bonchev–Trinajstić information content (AvgIpc) is 2.69. The molecule has 0 spiro atoms. The number of fused-ring (bicyclic) bond motifs is 1. The largest absolute Gasteiger partial charge is 0.423 e. The summed E-state index contributed by atoms with van der Waals surface area (Å²) in [6.45, 7) is 0. The molecule has 0 saturated heterocycles. The van der Waals surface area contributed by atoms with Crippen molar-refractivity contribution in [3.8, 4) is 5.75 Å². The van der Waals surface area contributed by atoms with E-state index in [1.54, 1.807) is 42.5 Å². The second-order valence-electron chi connectivity index (χ2n) is 5.92. The minimum Gasteiger partial charge on any atom is -0.423 e. The van der Waals surface area contributed by atoms with Gasteiger partial charge in [-0.25, -0.2) is 4.79 Å². The van der Waals surface area contributed by atoms with E-state index >= 15 is 0 Å². The number of anilines is 1. The van der Waals surface area contributed by atoms with E-state index in [1.807, 2.05) is 36.4 Å². The molecule has 1 aliphatic rings. The lowest BCUT2D eigenvalue weighted by Crippen LogP contribution is -2.38. The number of rotatable bonds is 3. The Morgan fingerprint density at radius 2 is 1.50 bits per heavy atom. The van der Waals surface area contributed by atoms with Gasteiger partial charge in [-0.2, -0.15) is 0 Å². The molecule has 0 unspecified atom stereocenters. The zero-order valence-corrected chi connectivity index (χ0v) is 13.8. The van der Waals surface area contributed by atoms with E-state index in [9.17, 15) is 9.59 Å². The Balaban J connectivity index is 1.48. The summed E-state index contributed by atoms with van der Waals surface area (Å²) in [5.41, 5.74) is 2.78. The number of amides is 1. The Morgan fingerprint density at radius 1 is 0.808 bits per heavy atom. The predicted molar refractivity (Wildman–Crippen MR) is 98.1 cm³/mol. The third kappa shape index (κ3) is 3.15. The van der Waals surface area contributed by atoms with E-state index in [1.165, 1.54) is 0 Å². The second kappa shape index (κ2) is 6.72. The fraction of sp³-hybridized carbons (Fsp3) is 0.0476. The molecule has 0 bridgehead atoms. The number of para-hydroxylation sites is 1. The lowest BCUT2D eigenvalue weighted by Gasteiger charge is -2.28. The van der Waals surface area contributed by atoms with Crippen molar-refractivity contribution in [2.75, 3.05) is 5.32 Å². The summed E-state index contributed by atoms with van der Waals surface area (Å²) in [7, 11) is 0. The number of hydrogen-bond acceptors (Lipinski definition) is 4. The molecule has 0 fully saturated rings. The van der Waals surface area contributed by atoms with Crippen LogP contribution in [-0.4, -0.2) is 11.9 Å². The van der Waals surface area contributed by atoms with Crippen LogP contribution in [-0.2, 0) is 0 Å². The van der Waals surface area contributed by atoms with Gasteiger partial charge in [0.1, 0.15) is 11.9 Å². The summed E-state index contributed by atoms with van der Waals surface area (Å²) >= 11 is 0. The molecule has 4 rings (SSSR count). The SMILES string of the molecule is O=C(Oc1ccc([C@@H]2NC(=O)c3ccccc3N2)cc1)c1ccccc1. The summed E-state index contributed by atoms with van der Waals surface area (Å²) in [6.07, 6.45) is -0.337. The Bertz CT molecular complexity index is 953. The van der Waals surface area contributed by atoms with Crippen LogP contribution in [0.25, 0.3) is 0 Å². The summed E-state index contributed by atoms with van der Waals surface area (Å²) in [4.78, 5) is 24.3. The number of carbonyl (C=O) groups is 2. The normalized spacial score (nSPS) is 15.4. The Morgan fingerprint density at radius 3 is 2.27 bits per heavy atom. The first kappa shape index (κ1) is 15.9. The molecular formula is C21H16N2O3. The molecule has 0 radical (unpaired) electrons. The Kier molecular flexibility index (Phi) is 4.11. The number of benzene rings is 3. The van der Waals surface area contributed by atoms with E-state index in [4.69, 9.17) is 4.74 Å². The quantitative estimate of drug-likeness (QED) is 0.561. The first-order valence-electron chi connectivity index (χ1n) is 8.24. The van der Waals surface area contributed by atoms with E-state index in [2.05, 4.69) is 10.6 Å². The maximum atomic E-state index is 12.2. The van der Waals surface area contributed by atoms with Crippen molar-refractivity contribution in [1.29, 1.82) is 0 Å². The molecule has 1 amide bonds. The van der Waals surface area contributed by atoms with Gasteiger partial charge >= 0.3 is 5.97 Å². The fourth-order valence-electron chi connectivity index (χ4n) is 2.84. The third-order valence-electron chi connectivity index (χ3n) is 4.18. The highest BCUT2D eigenvalue weighted by molar-refractivity contribution is 6.01. The molecule has 0 aromatic heterocycles. The maximum absolute atomic E-state index is 12.2. The summed E-state index contributed by atoms with van der Waals surface area (Å²) in [5.74, 6) is -0.0783. The van der Waals surface area contributed by atoms with Crippen LogP contribution in [0, 0.1) is 0 Å². The van der Waals surface area contributed by atoms with E-state index < -0.39 is 5.97 Å². The predicted octanol–water partition coefficient (Wildman–Crippen LogP) is 3.76. The second-order valence-corrected chi connectivity index (χ2v) is 5.92. The number of hydrogen-bond donors (Lipinski definition) is 2. The molecule has 1 aliphatic heterocycles. The molecule has 0 aliphatic carbocycles. The van der Waals surface area contributed by atoms with Gasteiger partial charge in [0.05, 0.1) is 11.1 Å². The molecule has 1 heterocycles. The van der Waals surface area contributed by atoms with Crippen molar-refractivity contribution in [2.45, 2.75) is 6.17 Å². The standard InChI is InChI=1S/C21H16N2O3/c24-20-17-8-4-5-9-18(17)22-19(23-20)14-10-12-16(13-11-14)26-21(25)15-6-2-1-3-7-15/h1-13,19,22H,(H,23,24)/t19-/m0/s1. The van der Waals surface area contributed by atoms with Crippen molar-refractivity contribution >= 4 is 17.6 Å². The lowest BCUT2D eigenvalue weighted by atomic mass is 10.1. The zero-order chi connectivity index (χ0) is 17.9. The highest BCUT2D eigenvalue weighted by Gasteiger charge is 2.24. The first-order valence-corrected chi connectivity index (χ1v) is 8.24. The van der Waals surface area contributed by atoms with Crippen LogP contribution in [0.4, 0.5) is 5.69 Å². The summed E-state index contributed by atoms with van der Waals surface area (Å²) in [6, 6.07) is 23.2. The van der Waals surface area contributed by atoms with Gasteiger partial charge in [0.2, 0.25) is 0 Å². The summed E-state index contributed by atoms with van der Waals surface area (Å²) < 4.78 is 5.37. The molecule has 1 atom stereocenters. The molecule has 3 aromatic rings. The van der Waals surface area contributed by atoms with Crippen molar-refractivity contribution in [3.63, 3.8) is 0 Å². The van der Waals surface area contributed by atoms with Gasteiger partial charge in [-0.05, 0) is 42.0 Å². The lowest BCUT2D eigenvalue weighted by molar-refractivity contribution is 0.0734. The topological polar surface area (TPSA) is 67.4 Å². The van der Waals surface area contributed by atoms with Crippen molar-refractivity contribution in [2.24, 2.45) is 0 Å². The third-order valence-corrected chi connectivity index (χ3v) is 4.18. The van der Waals surface area contributed by atoms with Crippen LogP contribution in [0.15, 0.2) is 78.9 Å². The van der Waals surface area contributed by atoms with Crippen LogP contribution in [0.5, 0.6) is 5.75 Å². The molecule has 3 aromatic carbocycles. The van der Waals surface area contributed by atoms with Gasteiger partial charge in [0, 0.05) is 5.69 Å². The van der Waals surface area contributed by atoms with Crippen molar-refractivity contribution < 1.29 is 14.3 Å². The van der Waals surface area contributed by atoms with Crippen LogP contribution in [0.3, 0.4) is 0 Å². The van der Waals surface area contributed by atoms with E-state index in [0.29, 0.717) is 16.9 Å². The molecule has 5 nitrogen and oxygen atoms in total. The Hall–Kier alpha value is -3.60. The van der Waals surface area contributed by atoms with Gasteiger partial charge < -0.3 is 15.4 Å². The monoisotopic (exact) mass is 344 g/mol. The molecule has 26 heavy (non-hydrogen) atoms. The first-order chi connectivity index (χ1) is 12.7. The molecule has 2 N–H and O–H groups in total. The number of carbonyl (C=O) groups excluding carboxylic acids is 2. The smallest absolute Gasteiger partial charge is 0.343 e. The minimum atomic E-state index is -0.406. The molecular weight excluding hydrogens is 328 g/mol. The van der Waals surface area contributed by atoms with Crippen molar-refractivity contribution in [3.05, 3.63) is 95.6 Å². The number of esters is 1. The van der Waals surface area contributed by atoms with E-state index in [0.717, 1.165) is 11.3 Å². The minimum absolute atomic E-state index is 0.121. The van der Waals surface area contributed by atoms with Crippen LogP contribution in [0.1, 0.15) is 32.4 Å². The number of nitrogens with one attached hydrogen (secondary N) is 2. The summed E-state index contributed by atoms with van der Waals surface area (Å²) in [5, 5.41) is 6.21. The van der Waals surface area contributed by atoms with Crippen LogP contribution < -0.4 is 15.4 Å². The molecule has 0 saturated carbocycles. The highest BCUT2D eigenvalue weighted by Crippen LogP contribution is 2.27. The van der Waals surface area contributed by atoms with Crippen LogP contribution in [0.2, 0.25) is 0 Å². The Labute approximate surface area is 150 Å². The molecule has 128 valence electrons. The van der Waals surface area contributed by atoms with Crippen molar-refractivity contribution in [1.82, 2.24) is 5.32 Å². The van der Waals surface area contributed by atoms with Gasteiger partial charge in [-0.3, -0.25) is 4.79 Å². The van der Waals surface area contributed by atoms with E-state index in [-0.39, 0.29) is 12.1 Å². The number of ether oxygens (including phenoxy) is 1. The maximum Gasteiger partial charge on any atom is 0.343 e. The fourth-order valence-corrected chi connectivity index (χ4v) is 2.84. The van der Waals surface area contributed by atoms with Crippen LogP contribution >= 0.6 is 0 Å². The van der Waals surface area contributed by atoms with Gasteiger partial charge in [0.15, 0.2) is 0 Å². The van der Waals surface area contributed by atoms with Gasteiger partial charge in [-0.15, -0.1) is 0 Å². The zero-order valence-electron chi connectivity index (χ0n) is 13.8. The van der Waals surface area contributed by atoms with Gasteiger partial charge in [-0.1, -0.05) is 42.5 Å².